The van der Waals surface area contributed by atoms with Crippen LogP contribution in [0.3, 0.4) is 0 Å². The highest BCUT2D eigenvalue weighted by Crippen LogP contribution is 2.54. The molecule has 2 aliphatic carbocycles. The molecule has 0 amide bonds. The number of nitrogens with zero attached hydrogens (tertiary/aromatic N) is 5. The number of aryl methyl sites for hydroxylation is 1. The third-order valence-electron chi connectivity index (χ3n) is 7.21. The zero-order chi connectivity index (χ0) is 22.0. The van der Waals surface area contributed by atoms with Crippen molar-refractivity contribution >= 4 is 11.5 Å². The first-order valence-corrected chi connectivity index (χ1v) is 11.1. The fraction of sp³-hybridized carbons (Fsp3) is 0.417. The van der Waals surface area contributed by atoms with Gasteiger partial charge in [-0.1, -0.05) is 0 Å². The van der Waals surface area contributed by atoms with E-state index in [0.717, 1.165) is 64.2 Å². The fourth-order valence-electron chi connectivity index (χ4n) is 5.23. The highest BCUT2D eigenvalue weighted by molar-refractivity contribution is 5.88. The minimum Gasteiger partial charge on any atom is -0.388 e. The summed E-state index contributed by atoms with van der Waals surface area (Å²) in [5.41, 5.74) is 12.3. The molecular formula is C24H26FN7. The van der Waals surface area contributed by atoms with Gasteiger partial charge in [0.05, 0.1) is 5.69 Å². The monoisotopic (exact) mass is 431 g/mol. The van der Waals surface area contributed by atoms with Crippen LogP contribution in [-0.4, -0.2) is 46.1 Å². The molecule has 1 aliphatic heterocycles. The molecule has 32 heavy (non-hydrogen) atoms. The number of rotatable bonds is 4. The molecule has 3 aromatic rings. The van der Waals surface area contributed by atoms with Gasteiger partial charge in [0.15, 0.2) is 0 Å². The van der Waals surface area contributed by atoms with Gasteiger partial charge in [0.2, 0.25) is 0 Å². The predicted molar refractivity (Wildman–Crippen MR) is 121 cm³/mol. The minimum absolute atomic E-state index is 0.142. The van der Waals surface area contributed by atoms with Gasteiger partial charge in [0.1, 0.15) is 23.3 Å². The fourth-order valence-corrected chi connectivity index (χ4v) is 5.23. The average molecular weight is 432 g/mol. The van der Waals surface area contributed by atoms with E-state index in [-0.39, 0.29) is 17.3 Å². The van der Waals surface area contributed by atoms with Gasteiger partial charge < -0.3 is 16.0 Å². The third kappa shape index (κ3) is 3.04. The Balaban J connectivity index is 1.47. The topological polar surface area (TPSA) is 92.8 Å². The van der Waals surface area contributed by atoms with Crippen LogP contribution in [0.5, 0.6) is 0 Å². The normalized spacial score (nSPS) is 19.9. The number of halogens is 1. The van der Waals surface area contributed by atoms with Crippen LogP contribution in [-0.2, 0) is 12.8 Å². The lowest BCUT2D eigenvalue weighted by molar-refractivity contribution is 0.499. The molecule has 1 atom stereocenters. The summed E-state index contributed by atoms with van der Waals surface area (Å²) in [4.78, 5) is 20.8. The Hall–Kier alpha value is -3.13. The van der Waals surface area contributed by atoms with E-state index >= 15 is 0 Å². The van der Waals surface area contributed by atoms with E-state index in [1.807, 2.05) is 26.4 Å². The molecule has 7 nitrogen and oxygen atoms in total. The second-order valence-electron chi connectivity index (χ2n) is 9.36. The van der Waals surface area contributed by atoms with Crippen LogP contribution in [0.25, 0.3) is 11.1 Å². The quantitative estimate of drug-likeness (QED) is 0.513. The highest BCUT2D eigenvalue weighted by atomic mass is 19.1. The van der Waals surface area contributed by atoms with Crippen molar-refractivity contribution < 1.29 is 4.39 Å². The SMILES string of the molecule is CNc1cc(F)cc2c1Cc1nc(Cc3cnc(C)nc3)nc(N3C[C@H](N)C4(CC4)C3)c1-2. The molecule has 0 bridgehead atoms. The smallest absolute Gasteiger partial charge is 0.140 e. The van der Waals surface area contributed by atoms with Gasteiger partial charge >= 0.3 is 0 Å². The molecule has 2 aromatic heterocycles. The molecule has 3 N–H and O–H groups in total. The van der Waals surface area contributed by atoms with E-state index in [1.165, 1.54) is 12.8 Å². The maximum absolute atomic E-state index is 14.5. The van der Waals surface area contributed by atoms with Gasteiger partial charge in [0.25, 0.3) is 0 Å². The van der Waals surface area contributed by atoms with Gasteiger partial charge in [-0.2, -0.15) is 0 Å². The van der Waals surface area contributed by atoms with Crippen molar-refractivity contribution in [1.82, 2.24) is 19.9 Å². The van der Waals surface area contributed by atoms with Crippen molar-refractivity contribution in [3.63, 3.8) is 0 Å². The molecule has 0 unspecified atom stereocenters. The Labute approximate surface area is 186 Å². The van der Waals surface area contributed by atoms with Gasteiger partial charge in [-0.05, 0) is 48.6 Å². The van der Waals surface area contributed by atoms with Crippen LogP contribution in [0.1, 0.15) is 41.3 Å². The number of nitrogens with two attached hydrogens (primary N) is 1. The Bertz CT molecular complexity index is 1220. The Morgan fingerprint density at radius 3 is 2.69 bits per heavy atom. The van der Waals surface area contributed by atoms with E-state index in [0.29, 0.717) is 12.8 Å². The molecule has 8 heteroatoms. The summed E-state index contributed by atoms with van der Waals surface area (Å²) in [5.74, 6) is 2.09. The van der Waals surface area contributed by atoms with Gasteiger partial charge in [0, 0.05) is 68.1 Å². The molecule has 3 heterocycles. The molecule has 0 radical (unpaired) electrons. The van der Waals surface area contributed by atoms with Crippen LogP contribution >= 0.6 is 0 Å². The van der Waals surface area contributed by atoms with E-state index in [9.17, 15) is 4.39 Å². The molecular weight excluding hydrogens is 405 g/mol. The van der Waals surface area contributed by atoms with Crippen molar-refractivity contribution in [2.45, 2.75) is 38.6 Å². The van der Waals surface area contributed by atoms with Crippen LogP contribution in [0.15, 0.2) is 24.5 Å². The number of anilines is 2. The largest absolute Gasteiger partial charge is 0.388 e. The molecule has 1 saturated heterocycles. The third-order valence-corrected chi connectivity index (χ3v) is 7.21. The molecule has 3 aliphatic rings. The Morgan fingerprint density at radius 2 is 2.00 bits per heavy atom. The number of hydrogen-bond donors (Lipinski definition) is 2. The van der Waals surface area contributed by atoms with Crippen molar-refractivity contribution in [3.05, 3.63) is 58.8 Å². The first kappa shape index (κ1) is 19.5. The van der Waals surface area contributed by atoms with Crippen molar-refractivity contribution in [2.75, 3.05) is 30.4 Å². The van der Waals surface area contributed by atoms with Crippen LogP contribution in [0.2, 0.25) is 0 Å². The molecule has 6 rings (SSSR count). The lowest BCUT2D eigenvalue weighted by atomic mass is 10.0. The lowest BCUT2D eigenvalue weighted by Gasteiger charge is -2.22. The van der Waals surface area contributed by atoms with Gasteiger partial charge in [-0.15, -0.1) is 0 Å². The molecule has 1 aromatic carbocycles. The Kier molecular flexibility index (Phi) is 4.24. The molecule has 1 spiro atoms. The summed E-state index contributed by atoms with van der Waals surface area (Å²) in [7, 11) is 1.82. The maximum Gasteiger partial charge on any atom is 0.140 e. The summed E-state index contributed by atoms with van der Waals surface area (Å²) < 4.78 is 14.5. The minimum atomic E-state index is -0.260. The number of aromatic nitrogens is 4. The zero-order valence-electron chi connectivity index (χ0n) is 18.3. The first-order valence-electron chi connectivity index (χ1n) is 11.1. The number of fused-ring (bicyclic) bond motifs is 3. The van der Waals surface area contributed by atoms with Crippen LogP contribution < -0.4 is 16.0 Å². The summed E-state index contributed by atoms with van der Waals surface area (Å²) in [6.07, 6.45) is 7.19. The predicted octanol–water partition coefficient (Wildman–Crippen LogP) is 2.85. The van der Waals surface area contributed by atoms with Gasteiger partial charge in [-0.25, -0.2) is 24.3 Å². The standard InChI is InChI=1S/C24H26FN7/c1-13-28-9-14(10-29-13)5-21-30-19-8-16-17(6-15(25)7-18(16)27-2)22(19)23(31-21)32-11-20(26)24(12-32)3-4-24/h6-7,9-10,20,27H,3-5,8,11-12,26H2,1-2H3/t20-/m0/s1. The summed E-state index contributed by atoms with van der Waals surface area (Å²) in [6.45, 7) is 3.53. The van der Waals surface area contributed by atoms with Crippen molar-refractivity contribution in [3.8, 4) is 11.1 Å². The maximum atomic E-state index is 14.5. The number of nitrogens with one attached hydrogen (secondary N) is 1. The van der Waals surface area contributed by atoms with E-state index in [1.54, 1.807) is 12.1 Å². The molecule has 1 saturated carbocycles. The lowest BCUT2D eigenvalue weighted by Crippen LogP contribution is -2.30. The van der Waals surface area contributed by atoms with E-state index in [4.69, 9.17) is 15.7 Å². The van der Waals surface area contributed by atoms with Crippen molar-refractivity contribution in [1.29, 1.82) is 0 Å². The summed E-state index contributed by atoms with van der Waals surface area (Å²) in [5, 5.41) is 3.14. The number of hydrogen-bond acceptors (Lipinski definition) is 7. The Morgan fingerprint density at radius 1 is 1.22 bits per heavy atom. The second-order valence-corrected chi connectivity index (χ2v) is 9.36. The highest BCUT2D eigenvalue weighted by Gasteiger charge is 2.54. The van der Waals surface area contributed by atoms with Crippen LogP contribution in [0.4, 0.5) is 15.9 Å². The van der Waals surface area contributed by atoms with Crippen molar-refractivity contribution in [2.24, 2.45) is 11.1 Å². The molecule has 2 fully saturated rings. The first-order chi connectivity index (χ1) is 15.5. The summed E-state index contributed by atoms with van der Waals surface area (Å²) in [6, 6.07) is 3.31. The van der Waals surface area contributed by atoms with E-state index < -0.39 is 0 Å². The number of benzene rings is 1. The summed E-state index contributed by atoms with van der Waals surface area (Å²) >= 11 is 0. The van der Waals surface area contributed by atoms with E-state index in [2.05, 4.69) is 20.2 Å². The average Bonchev–Trinajstić information content (AvgIpc) is 3.36. The second kappa shape index (κ2) is 6.93. The van der Waals surface area contributed by atoms with Crippen LogP contribution in [0, 0.1) is 18.2 Å². The van der Waals surface area contributed by atoms with Gasteiger partial charge in [-0.3, -0.25) is 0 Å². The zero-order valence-corrected chi connectivity index (χ0v) is 18.3. The molecule has 164 valence electrons.